The molecule has 5 nitrogen and oxygen atoms in total. The molecule has 0 radical (unpaired) electrons. The Balaban J connectivity index is 1.56. The van der Waals surface area contributed by atoms with Crippen molar-refractivity contribution in [3.8, 4) is 11.3 Å². The predicted molar refractivity (Wildman–Crippen MR) is 114 cm³/mol. The molecule has 0 spiro atoms. The van der Waals surface area contributed by atoms with Gasteiger partial charge in [0, 0.05) is 24.2 Å². The smallest absolute Gasteiger partial charge is 0.334 e. The number of halogens is 3. The molecule has 1 amide bonds. The van der Waals surface area contributed by atoms with Gasteiger partial charge < -0.3 is 4.90 Å². The van der Waals surface area contributed by atoms with Crippen LogP contribution < -0.4 is 0 Å². The van der Waals surface area contributed by atoms with Crippen LogP contribution in [-0.2, 0) is 6.18 Å². The van der Waals surface area contributed by atoms with Crippen molar-refractivity contribution in [2.75, 3.05) is 6.54 Å². The molecule has 2 aromatic heterocycles. The molecule has 8 heteroatoms. The van der Waals surface area contributed by atoms with Crippen molar-refractivity contribution in [2.45, 2.75) is 51.2 Å². The monoisotopic (exact) mass is 442 g/mol. The number of likely N-dealkylation sites (tertiary alicyclic amines) is 1. The lowest BCUT2D eigenvalue weighted by atomic mass is 9.72. The molecular weight excluding hydrogens is 417 g/mol. The van der Waals surface area contributed by atoms with Gasteiger partial charge in [-0.3, -0.25) is 4.79 Å². The van der Waals surface area contributed by atoms with E-state index in [4.69, 9.17) is 0 Å². The predicted octanol–water partition coefficient (Wildman–Crippen LogP) is 5.46. The topological polar surface area (TPSA) is 50.5 Å². The van der Waals surface area contributed by atoms with Crippen LogP contribution >= 0.6 is 0 Å². The summed E-state index contributed by atoms with van der Waals surface area (Å²) in [5, 5.41) is 4.09. The van der Waals surface area contributed by atoms with E-state index in [1.54, 1.807) is 30.3 Å². The van der Waals surface area contributed by atoms with E-state index in [2.05, 4.69) is 17.0 Å². The minimum atomic E-state index is -4.63. The lowest BCUT2D eigenvalue weighted by molar-refractivity contribution is -0.142. The number of rotatable bonds is 2. The number of benzene rings is 1. The van der Waals surface area contributed by atoms with Crippen LogP contribution in [0.5, 0.6) is 0 Å². The molecule has 0 unspecified atom stereocenters. The highest BCUT2D eigenvalue weighted by molar-refractivity contribution is 5.93. The van der Waals surface area contributed by atoms with Crippen molar-refractivity contribution in [3.05, 3.63) is 53.9 Å². The Morgan fingerprint density at radius 1 is 1.06 bits per heavy atom. The summed E-state index contributed by atoms with van der Waals surface area (Å²) in [7, 11) is 0. The van der Waals surface area contributed by atoms with Crippen LogP contribution in [0.2, 0.25) is 0 Å². The third-order valence-electron chi connectivity index (χ3n) is 7.01. The van der Waals surface area contributed by atoms with Gasteiger partial charge in [0.1, 0.15) is 0 Å². The molecular formula is C24H25F3N4O. The maximum atomic E-state index is 13.9. The van der Waals surface area contributed by atoms with E-state index in [1.807, 2.05) is 4.90 Å². The third kappa shape index (κ3) is 3.65. The molecule has 32 heavy (non-hydrogen) atoms. The number of carbonyl (C=O) groups is 1. The van der Waals surface area contributed by atoms with Gasteiger partial charge in [-0.1, -0.05) is 50.1 Å². The number of alkyl halides is 3. The number of hydrogen-bond acceptors (Lipinski definition) is 3. The first-order valence-electron chi connectivity index (χ1n) is 11.2. The summed E-state index contributed by atoms with van der Waals surface area (Å²) in [5.41, 5.74) is -0.129. The molecule has 3 aromatic rings. The molecule has 3 atom stereocenters. The highest BCUT2D eigenvalue weighted by Crippen LogP contribution is 2.39. The second kappa shape index (κ2) is 7.90. The van der Waals surface area contributed by atoms with Crippen molar-refractivity contribution in [3.63, 3.8) is 0 Å². The normalized spacial score (nSPS) is 23.9. The molecule has 1 aromatic carbocycles. The van der Waals surface area contributed by atoms with Crippen LogP contribution in [0.1, 0.15) is 55.2 Å². The molecule has 168 valence electrons. The van der Waals surface area contributed by atoms with Crippen LogP contribution in [0.4, 0.5) is 13.2 Å². The Morgan fingerprint density at radius 3 is 2.56 bits per heavy atom. The first-order chi connectivity index (χ1) is 15.3. The highest BCUT2D eigenvalue weighted by Gasteiger charge is 2.41. The van der Waals surface area contributed by atoms with Gasteiger partial charge in [0.25, 0.3) is 5.91 Å². The van der Waals surface area contributed by atoms with Gasteiger partial charge in [0.2, 0.25) is 0 Å². The van der Waals surface area contributed by atoms with Gasteiger partial charge in [-0.15, -0.1) is 0 Å². The SMILES string of the molecule is C[C@H]1CCN(C(=O)c2cc3nc(-c4ccccc4)cc(C(F)(F)F)n3n2)[C@H]2CCCC[C@@H]12. The van der Waals surface area contributed by atoms with Gasteiger partial charge >= 0.3 is 6.18 Å². The van der Waals surface area contributed by atoms with Crippen molar-refractivity contribution in [1.29, 1.82) is 0 Å². The van der Waals surface area contributed by atoms with Crippen LogP contribution in [0.3, 0.4) is 0 Å². The molecule has 2 aliphatic rings. The standard InChI is InChI=1S/C24H25F3N4O/c1-15-11-12-30(20-10-6-5-9-17(15)20)23(32)19-14-22-28-18(16-7-3-2-4-8-16)13-21(24(25,26)27)31(22)29-19/h2-4,7-8,13-15,17,20H,5-6,9-12H2,1H3/t15-,17-,20-/m0/s1. The van der Waals surface area contributed by atoms with E-state index in [0.29, 0.717) is 23.9 Å². The number of aromatic nitrogens is 3. The van der Waals surface area contributed by atoms with Gasteiger partial charge in [0.15, 0.2) is 17.0 Å². The first kappa shape index (κ1) is 21.0. The number of nitrogens with zero attached hydrogens (tertiary/aromatic N) is 4. The fraction of sp³-hybridized carbons (Fsp3) is 0.458. The second-order valence-electron chi connectivity index (χ2n) is 8.97. The fourth-order valence-electron chi connectivity index (χ4n) is 5.35. The zero-order valence-electron chi connectivity index (χ0n) is 17.8. The van der Waals surface area contributed by atoms with E-state index in [9.17, 15) is 18.0 Å². The summed E-state index contributed by atoms with van der Waals surface area (Å²) < 4.78 is 42.3. The van der Waals surface area contributed by atoms with E-state index in [0.717, 1.165) is 36.3 Å². The minimum Gasteiger partial charge on any atom is -0.334 e. The lowest BCUT2D eigenvalue weighted by Gasteiger charge is -2.47. The maximum Gasteiger partial charge on any atom is 0.433 e. The van der Waals surface area contributed by atoms with E-state index >= 15 is 0 Å². The summed E-state index contributed by atoms with van der Waals surface area (Å²) in [5.74, 6) is 0.707. The van der Waals surface area contributed by atoms with Crippen molar-refractivity contribution >= 4 is 11.6 Å². The molecule has 1 aliphatic heterocycles. The molecule has 1 saturated heterocycles. The van der Waals surface area contributed by atoms with Crippen LogP contribution in [0.25, 0.3) is 16.9 Å². The fourth-order valence-corrected chi connectivity index (χ4v) is 5.35. The molecule has 1 saturated carbocycles. The summed E-state index contributed by atoms with van der Waals surface area (Å²) in [6, 6.07) is 11.2. The van der Waals surface area contributed by atoms with Gasteiger partial charge in [-0.25, -0.2) is 9.50 Å². The van der Waals surface area contributed by atoms with Gasteiger partial charge in [0.05, 0.1) is 5.69 Å². The van der Waals surface area contributed by atoms with E-state index < -0.39 is 11.9 Å². The molecule has 5 rings (SSSR count). The lowest BCUT2D eigenvalue weighted by Crippen LogP contribution is -2.52. The number of carbonyl (C=O) groups excluding carboxylic acids is 1. The Kier molecular flexibility index (Phi) is 5.18. The van der Waals surface area contributed by atoms with Crippen molar-refractivity contribution in [2.24, 2.45) is 11.8 Å². The Hall–Kier alpha value is -2.90. The Labute approximate surface area is 184 Å². The average molecular weight is 442 g/mol. The number of piperidine rings is 1. The quantitative estimate of drug-likeness (QED) is 0.530. The second-order valence-corrected chi connectivity index (χ2v) is 8.97. The van der Waals surface area contributed by atoms with Crippen LogP contribution in [0.15, 0.2) is 42.5 Å². The Bertz CT molecular complexity index is 1140. The minimum absolute atomic E-state index is 0.0205. The van der Waals surface area contributed by atoms with Crippen LogP contribution in [0, 0.1) is 11.8 Å². The van der Waals surface area contributed by atoms with Crippen molar-refractivity contribution < 1.29 is 18.0 Å². The maximum absolute atomic E-state index is 13.9. The summed E-state index contributed by atoms with van der Waals surface area (Å²) in [6.45, 7) is 2.85. The summed E-state index contributed by atoms with van der Waals surface area (Å²) in [4.78, 5) is 19.6. The van der Waals surface area contributed by atoms with Crippen LogP contribution in [-0.4, -0.2) is 38.0 Å². The molecule has 0 N–H and O–H groups in total. The van der Waals surface area contributed by atoms with Gasteiger partial charge in [-0.2, -0.15) is 18.3 Å². The zero-order valence-corrected chi connectivity index (χ0v) is 17.8. The largest absolute Gasteiger partial charge is 0.433 e. The third-order valence-corrected chi connectivity index (χ3v) is 7.01. The summed E-state index contributed by atoms with van der Waals surface area (Å²) in [6.07, 6.45) is 0.557. The van der Waals surface area contributed by atoms with E-state index in [1.165, 1.54) is 12.5 Å². The average Bonchev–Trinajstić information content (AvgIpc) is 3.22. The number of amides is 1. The molecule has 2 fully saturated rings. The number of fused-ring (bicyclic) bond motifs is 2. The molecule has 0 bridgehead atoms. The summed E-state index contributed by atoms with van der Waals surface area (Å²) >= 11 is 0. The van der Waals surface area contributed by atoms with E-state index in [-0.39, 0.29) is 29.0 Å². The zero-order chi connectivity index (χ0) is 22.5. The molecule has 1 aliphatic carbocycles. The highest BCUT2D eigenvalue weighted by atomic mass is 19.4. The first-order valence-corrected chi connectivity index (χ1v) is 11.2. The van der Waals surface area contributed by atoms with Gasteiger partial charge in [-0.05, 0) is 37.2 Å². The Morgan fingerprint density at radius 2 is 1.81 bits per heavy atom. The molecule has 3 heterocycles. The number of hydrogen-bond donors (Lipinski definition) is 0. The van der Waals surface area contributed by atoms with Crippen molar-refractivity contribution in [1.82, 2.24) is 19.5 Å².